The van der Waals surface area contributed by atoms with Gasteiger partial charge in [0.05, 0.1) is 23.6 Å². The first-order chi connectivity index (χ1) is 8.00. The SMILES string of the molecule is OCc1cc(-c2ccc(C(F)(F)F)cc2)[nH]n1. The highest BCUT2D eigenvalue weighted by Gasteiger charge is 2.29. The highest BCUT2D eigenvalue weighted by atomic mass is 19.4. The van der Waals surface area contributed by atoms with Crippen molar-refractivity contribution in [3.8, 4) is 11.3 Å². The van der Waals surface area contributed by atoms with Gasteiger partial charge >= 0.3 is 6.18 Å². The van der Waals surface area contributed by atoms with Gasteiger partial charge in [-0.25, -0.2) is 0 Å². The average molecular weight is 242 g/mol. The van der Waals surface area contributed by atoms with Crippen molar-refractivity contribution in [2.75, 3.05) is 0 Å². The molecule has 2 aromatic rings. The second kappa shape index (κ2) is 4.21. The van der Waals surface area contributed by atoms with Crippen LogP contribution in [0.5, 0.6) is 0 Å². The number of aliphatic hydroxyl groups is 1. The van der Waals surface area contributed by atoms with Crippen LogP contribution in [-0.4, -0.2) is 15.3 Å². The van der Waals surface area contributed by atoms with E-state index in [4.69, 9.17) is 5.11 Å². The van der Waals surface area contributed by atoms with Gasteiger partial charge in [0.2, 0.25) is 0 Å². The lowest BCUT2D eigenvalue weighted by Gasteiger charge is -2.06. The number of halogens is 3. The summed E-state index contributed by atoms with van der Waals surface area (Å²) in [6.07, 6.45) is -4.33. The summed E-state index contributed by atoms with van der Waals surface area (Å²) in [4.78, 5) is 0. The van der Waals surface area contributed by atoms with Gasteiger partial charge < -0.3 is 5.11 Å². The molecule has 0 spiro atoms. The second-order valence-corrected chi connectivity index (χ2v) is 3.51. The minimum atomic E-state index is -4.33. The zero-order valence-electron chi connectivity index (χ0n) is 8.62. The molecule has 17 heavy (non-hydrogen) atoms. The van der Waals surface area contributed by atoms with Crippen LogP contribution < -0.4 is 0 Å². The number of alkyl halides is 3. The molecule has 90 valence electrons. The Morgan fingerprint density at radius 3 is 2.29 bits per heavy atom. The molecule has 0 unspecified atom stereocenters. The number of benzene rings is 1. The van der Waals surface area contributed by atoms with E-state index >= 15 is 0 Å². The summed E-state index contributed by atoms with van der Waals surface area (Å²) in [5, 5.41) is 15.2. The molecule has 0 saturated heterocycles. The Hall–Kier alpha value is -1.82. The van der Waals surface area contributed by atoms with Crippen molar-refractivity contribution in [1.82, 2.24) is 10.2 Å². The molecule has 0 saturated carbocycles. The Kier molecular flexibility index (Phi) is 2.89. The lowest BCUT2D eigenvalue weighted by molar-refractivity contribution is -0.137. The minimum Gasteiger partial charge on any atom is -0.390 e. The first-order valence-corrected chi connectivity index (χ1v) is 4.83. The fourth-order valence-electron chi connectivity index (χ4n) is 1.43. The van der Waals surface area contributed by atoms with Crippen molar-refractivity contribution in [3.63, 3.8) is 0 Å². The predicted octanol–water partition coefficient (Wildman–Crippen LogP) is 2.59. The van der Waals surface area contributed by atoms with E-state index in [0.29, 0.717) is 17.0 Å². The Labute approximate surface area is 94.9 Å². The summed E-state index contributed by atoms with van der Waals surface area (Å²) in [5.74, 6) is 0. The van der Waals surface area contributed by atoms with E-state index in [1.165, 1.54) is 12.1 Å². The van der Waals surface area contributed by atoms with Gasteiger partial charge in [-0.05, 0) is 23.8 Å². The van der Waals surface area contributed by atoms with Crippen LogP contribution in [0, 0.1) is 0 Å². The van der Waals surface area contributed by atoms with Gasteiger partial charge in [-0.1, -0.05) is 12.1 Å². The van der Waals surface area contributed by atoms with Crippen molar-refractivity contribution in [3.05, 3.63) is 41.6 Å². The van der Waals surface area contributed by atoms with E-state index in [1.807, 2.05) is 0 Å². The summed E-state index contributed by atoms with van der Waals surface area (Å²) in [7, 11) is 0. The molecule has 0 fully saturated rings. The lowest BCUT2D eigenvalue weighted by atomic mass is 10.1. The van der Waals surface area contributed by atoms with Gasteiger partial charge in [0.25, 0.3) is 0 Å². The van der Waals surface area contributed by atoms with Gasteiger partial charge in [-0.2, -0.15) is 18.3 Å². The normalized spacial score (nSPS) is 11.8. The Bertz CT molecular complexity index is 502. The molecule has 0 aliphatic rings. The molecule has 1 aromatic carbocycles. The van der Waals surface area contributed by atoms with Crippen molar-refractivity contribution < 1.29 is 18.3 Å². The molecule has 0 atom stereocenters. The van der Waals surface area contributed by atoms with Crippen LogP contribution in [0.4, 0.5) is 13.2 Å². The van der Waals surface area contributed by atoms with Crippen LogP contribution in [-0.2, 0) is 12.8 Å². The third-order valence-electron chi connectivity index (χ3n) is 2.32. The Morgan fingerprint density at radius 1 is 1.18 bits per heavy atom. The summed E-state index contributed by atoms with van der Waals surface area (Å²) in [5.41, 5.74) is 0.913. The molecule has 2 rings (SSSR count). The summed E-state index contributed by atoms with van der Waals surface area (Å²) < 4.78 is 37.0. The van der Waals surface area contributed by atoms with Crippen molar-refractivity contribution >= 4 is 0 Å². The number of hydrogen-bond acceptors (Lipinski definition) is 2. The fraction of sp³-hybridized carbons (Fsp3) is 0.182. The highest BCUT2D eigenvalue weighted by Crippen LogP contribution is 2.30. The predicted molar refractivity (Wildman–Crippen MR) is 54.9 cm³/mol. The Balaban J connectivity index is 2.29. The molecule has 6 heteroatoms. The molecule has 0 aliphatic heterocycles. The quantitative estimate of drug-likeness (QED) is 0.850. The summed E-state index contributed by atoms with van der Waals surface area (Å²) in [6.45, 7) is -0.211. The van der Waals surface area contributed by atoms with E-state index in [-0.39, 0.29) is 6.61 Å². The van der Waals surface area contributed by atoms with Gasteiger partial charge in [0, 0.05) is 0 Å². The van der Waals surface area contributed by atoms with E-state index in [0.717, 1.165) is 12.1 Å². The Morgan fingerprint density at radius 2 is 1.82 bits per heavy atom. The summed E-state index contributed by atoms with van der Waals surface area (Å²) >= 11 is 0. The fourth-order valence-corrected chi connectivity index (χ4v) is 1.43. The standard InChI is InChI=1S/C11H9F3N2O/c12-11(13,14)8-3-1-7(2-4-8)10-5-9(6-17)15-16-10/h1-5,17H,6H2,(H,15,16). The molecule has 0 aliphatic carbocycles. The van der Waals surface area contributed by atoms with Crippen molar-refractivity contribution in [2.24, 2.45) is 0 Å². The molecular formula is C11H9F3N2O. The molecule has 0 bridgehead atoms. The highest BCUT2D eigenvalue weighted by molar-refractivity contribution is 5.59. The molecule has 1 aromatic heterocycles. The first kappa shape index (κ1) is 11.7. The number of aromatic amines is 1. The zero-order valence-corrected chi connectivity index (χ0v) is 8.62. The molecule has 1 heterocycles. The number of nitrogens with zero attached hydrogens (tertiary/aromatic N) is 1. The van der Waals surface area contributed by atoms with Crippen LogP contribution in [0.2, 0.25) is 0 Å². The second-order valence-electron chi connectivity index (χ2n) is 3.51. The van der Waals surface area contributed by atoms with Crippen LogP contribution >= 0.6 is 0 Å². The van der Waals surface area contributed by atoms with E-state index < -0.39 is 11.7 Å². The molecule has 3 nitrogen and oxygen atoms in total. The van der Waals surface area contributed by atoms with E-state index in [1.54, 1.807) is 6.07 Å². The van der Waals surface area contributed by atoms with Crippen molar-refractivity contribution in [2.45, 2.75) is 12.8 Å². The van der Waals surface area contributed by atoms with Crippen LogP contribution in [0.3, 0.4) is 0 Å². The number of aromatic nitrogens is 2. The van der Waals surface area contributed by atoms with Gasteiger partial charge in [-0.3, -0.25) is 5.10 Å². The maximum absolute atomic E-state index is 12.3. The number of nitrogens with one attached hydrogen (secondary N) is 1. The number of H-pyrrole nitrogens is 1. The third-order valence-corrected chi connectivity index (χ3v) is 2.32. The lowest BCUT2D eigenvalue weighted by Crippen LogP contribution is -2.03. The van der Waals surface area contributed by atoms with Crippen molar-refractivity contribution in [1.29, 1.82) is 0 Å². The third kappa shape index (κ3) is 2.47. The number of hydrogen-bond donors (Lipinski definition) is 2. The maximum Gasteiger partial charge on any atom is 0.416 e. The average Bonchev–Trinajstić information content (AvgIpc) is 2.76. The van der Waals surface area contributed by atoms with Crippen LogP contribution in [0.15, 0.2) is 30.3 Å². The topological polar surface area (TPSA) is 48.9 Å². The van der Waals surface area contributed by atoms with E-state index in [2.05, 4.69) is 10.2 Å². The van der Waals surface area contributed by atoms with Gasteiger partial charge in [-0.15, -0.1) is 0 Å². The monoisotopic (exact) mass is 242 g/mol. The molecule has 2 N–H and O–H groups in total. The molecule has 0 amide bonds. The zero-order chi connectivity index (χ0) is 12.5. The summed E-state index contributed by atoms with van der Waals surface area (Å²) in [6, 6.07) is 6.32. The van der Waals surface area contributed by atoms with Gasteiger partial charge in [0.15, 0.2) is 0 Å². The van der Waals surface area contributed by atoms with Gasteiger partial charge in [0.1, 0.15) is 0 Å². The molecule has 0 radical (unpaired) electrons. The van der Waals surface area contributed by atoms with Crippen LogP contribution in [0.1, 0.15) is 11.3 Å². The largest absolute Gasteiger partial charge is 0.416 e. The smallest absolute Gasteiger partial charge is 0.390 e. The van der Waals surface area contributed by atoms with E-state index in [9.17, 15) is 13.2 Å². The van der Waals surface area contributed by atoms with Crippen LogP contribution in [0.25, 0.3) is 11.3 Å². The molecular weight excluding hydrogens is 233 g/mol. The first-order valence-electron chi connectivity index (χ1n) is 4.83. The minimum absolute atomic E-state index is 0.211. The maximum atomic E-state index is 12.3. The number of rotatable bonds is 2. The number of aliphatic hydroxyl groups excluding tert-OH is 1.